The first-order valence-electron chi connectivity index (χ1n) is 5.71. The molecule has 4 heteroatoms. The van der Waals surface area contributed by atoms with Gasteiger partial charge in [0.1, 0.15) is 15.6 Å². The fraction of sp³-hybridized carbons (Fsp3) is 0.462. The number of benzene rings is 1. The lowest BCUT2D eigenvalue weighted by molar-refractivity contribution is -0.121. The van der Waals surface area contributed by atoms with E-state index in [-0.39, 0.29) is 23.4 Å². The van der Waals surface area contributed by atoms with Crippen LogP contribution in [0, 0.1) is 0 Å². The molecule has 1 fully saturated rings. The highest BCUT2D eigenvalue weighted by atomic mass is 32.2. The van der Waals surface area contributed by atoms with Gasteiger partial charge >= 0.3 is 0 Å². The zero-order valence-corrected chi connectivity index (χ0v) is 10.7. The number of sulfone groups is 1. The van der Waals surface area contributed by atoms with Crippen LogP contribution in [0.5, 0.6) is 0 Å². The lowest BCUT2D eigenvalue weighted by Gasteiger charge is -2.13. The van der Waals surface area contributed by atoms with Crippen molar-refractivity contribution in [3.05, 3.63) is 35.9 Å². The summed E-state index contributed by atoms with van der Waals surface area (Å²) in [5.41, 5.74) is 0.643. The monoisotopic (exact) mass is 252 g/mol. The normalized spacial score (nSPS) is 17.7. The smallest absolute Gasteiger partial charge is 0.147 e. The highest BCUT2D eigenvalue weighted by molar-refractivity contribution is 7.90. The molecular formula is C13H16O3S. The Hall–Kier alpha value is -1.16. The molecule has 1 saturated carbocycles. The molecule has 0 aliphatic heterocycles. The lowest BCUT2D eigenvalue weighted by atomic mass is 9.90. The van der Waals surface area contributed by atoms with E-state index in [0.29, 0.717) is 0 Å². The van der Waals surface area contributed by atoms with Gasteiger partial charge in [-0.1, -0.05) is 30.3 Å². The molecule has 3 nitrogen and oxygen atoms in total. The third kappa shape index (κ3) is 2.75. The summed E-state index contributed by atoms with van der Waals surface area (Å²) in [6.45, 7) is 0. The second-order valence-corrected chi connectivity index (χ2v) is 7.01. The highest BCUT2D eigenvalue weighted by Crippen LogP contribution is 2.49. The zero-order valence-electron chi connectivity index (χ0n) is 9.85. The summed E-state index contributed by atoms with van der Waals surface area (Å²) in [7, 11) is -3.05. The van der Waals surface area contributed by atoms with E-state index in [9.17, 15) is 13.2 Å². The standard InChI is InChI=1S/C13H16O3S/c1-17(15,16)10-7-12(14)13(8-9-13)11-5-3-2-4-6-11/h2-6H,7-10H2,1H3. The molecule has 0 spiro atoms. The summed E-state index contributed by atoms with van der Waals surface area (Å²) in [6.07, 6.45) is 3.00. The summed E-state index contributed by atoms with van der Waals surface area (Å²) in [6, 6.07) is 9.65. The number of hydrogen-bond acceptors (Lipinski definition) is 3. The molecular weight excluding hydrogens is 236 g/mol. The van der Waals surface area contributed by atoms with Crippen LogP contribution >= 0.6 is 0 Å². The van der Waals surface area contributed by atoms with Gasteiger partial charge in [-0.15, -0.1) is 0 Å². The maximum atomic E-state index is 12.1. The second kappa shape index (κ2) is 4.26. The van der Waals surface area contributed by atoms with Crippen LogP contribution in [0.1, 0.15) is 24.8 Å². The van der Waals surface area contributed by atoms with Crippen molar-refractivity contribution in [1.82, 2.24) is 0 Å². The van der Waals surface area contributed by atoms with Crippen LogP contribution in [0.25, 0.3) is 0 Å². The molecule has 0 unspecified atom stereocenters. The fourth-order valence-corrected chi connectivity index (χ4v) is 2.68. The van der Waals surface area contributed by atoms with E-state index in [2.05, 4.69) is 0 Å². The van der Waals surface area contributed by atoms with E-state index in [1.54, 1.807) is 0 Å². The Kier molecular flexibility index (Phi) is 3.08. The molecule has 2 rings (SSSR count). The van der Waals surface area contributed by atoms with Gasteiger partial charge in [0, 0.05) is 12.7 Å². The molecule has 1 aromatic rings. The molecule has 1 aliphatic rings. The average molecular weight is 252 g/mol. The Balaban J connectivity index is 2.10. The number of carbonyl (C=O) groups is 1. The molecule has 92 valence electrons. The van der Waals surface area contributed by atoms with Crippen LogP contribution in [-0.2, 0) is 20.0 Å². The first-order chi connectivity index (χ1) is 7.94. The van der Waals surface area contributed by atoms with Crippen LogP contribution in [0.3, 0.4) is 0 Å². The van der Waals surface area contributed by atoms with E-state index < -0.39 is 9.84 Å². The first-order valence-corrected chi connectivity index (χ1v) is 7.77. The molecule has 0 heterocycles. The quantitative estimate of drug-likeness (QED) is 0.801. The summed E-state index contributed by atoms with van der Waals surface area (Å²) < 4.78 is 22.1. The molecule has 1 aliphatic carbocycles. The van der Waals surface area contributed by atoms with Crippen molar-refractivity contribution in [2.75, 3.05) is 12.0 Å². The van der Waals surface area contributed by atoms with Crippen LogP contribution < -0.4 is 0 Å². The van der Waals surface area contributed by atoms with Crippen LogP contribution in [-0.4, -0.2) is 26.2 Å². The summed E-state index contributed by atoms with van der Waals surface area (Å²) in [5, 5.41) is 0. The van der Waals surface area contributed by atoms with Crippen LogP contribution in [0.15, 0.2) is 30.3 Å². The van der Waals surface area contributed by atoms with E-state index in [1.165, 1.54) is 6.26 Å². The first kappa shape index (κ1) is 12.3. The summed E-state index contributed by atoms with van der Waals surface area (Å²) in [5.74, 6) is 0.0228. The number of ketones is 1. The predicted molar refractivity (Wildman–Crippen MR) is 66.7 cm³/mol. The molecule has 0 aromatic heterocycles. The highest BCUT2D eigenvalue weighted by Gasteiger charge is 2.50. The number of hydrogen-bond donors (Lipinski definition) is 0. The van der Waals surface area contributed by atoms with Gasteiger partial charge in [-0.05, 0) is 18.4 Å². The topological polar surface area (TPSA) is 51.2 Å². The lowest BCUT2D eigenvalue weighted by Crippen LogP contribution is -2.23. The Morgan fingerprint density at radius 1 is 1.24 bits per heavy atom. The Morgan fingerprint density at radius 2 is 1.82 bits per heavy atom. The van der Waals surface area contributed by atoms with Gasteiger partial charge in [0.15, 0.2) is 0 Å². The van der Waals surface area contributed by atoms with Gasteiger partial charge in [0.05, 0.1) is 11.2 Å². The summed E-state index contributed by atoms with van der Waals surface area (Å²) in [4.78, 5) is 12.1. The minimum Gasteiger partial charge on any atom is -0.299 e. The number of carbonyl (C=O) groups excluding carboxylic acids is 1. The van der Waals surface area contributed by atoms with Gasteiger partial charge < -0.3 is 0 Å². The van der Waals surface area contributed by atoms with E-state index in [4.69, 9.17) is 0 Å². The van der Waals surface area contributed by atoms with Gasteiger partial charge in [-0.25, -0.2) is 8.42 Å². The Morgan fingerprint density at radius 3 is 2.29 bits per heavy atom. The van der Waals surface area contributed by atoms with Gasteiger partial charge in [0.2, 0.25) is 0 Å². The van der Waals surface area contributed by atoms with Crippen molar-refractivity contribution < 1.29 is 13.2 Å². The Labute approximate surface area is 102 Å². The SMILES string of the molecule is CS(=O)(=O)CCC(=O)C1(c2ccccc2)CC1. The second-order valence-electron chi connectivity index (χ2n) is 4.75. The van der Waals surface area contributed by atoms with E-state index in [1.807, 2.05) is 30.3 Å². The molecule has 17 heavy (non-hydrogen) atoms. The maximum Gasteiger partial charge on any atom is 0.147 e. The average Bonchev–Trinajstić information content (AvgIpc) is 3.07. The van der Waals surface area contributed by atoms with Crippen molar-refractivity contribution in [3.63, 3.8) is 0 Å². The van der Waals surface area contributed by atoms with Gasteiger partial charge in [0.25, 0.3) is 0 Å². The zero-order chi connectivity index (χ0) is 12.5. The van der Waals surface area contributed by atoms with Gasteiger partial charge in [-0.3, -0.25) is 4.79 Å². The molecule has 0 N–H and O–H groups in total. The Bertz CT molecular complexity index is 513. The van der Waals surface area contributed by atoms with Crippen LogP contribution in [0.2, 0.25) is 0 Å². The minimum atomic E-state index is -3.05. The predicted octanol–water partition coefficient (Wildman–Crippen LogP) is 1.72. The minimum absolute atomic E-state index is 0.0413. The van der Waals surface area contributed by atoms with Crippen molar-refractivity contribution >= 4 is 15.6 Å². The molecule has 1 aromatic carbocycles. The molecule has 0 amide bonds. The number of Topliss-reactive ketones (excluding diaryl/α,β-unsaturated/α-hetero) is 1. The van der Waals surface area contributed by atoms with Crippen molar-refractivity contribution in [1.29, 1.82) is 0 Å². The van der Waals surface area contributed by atoms with Gasteiger partial charge in [-0.2, -0.15) is 0 Å². The molecule has 0 radical (unpaired) electrons. The van der Waals surface area contributed by atoms with Crippen molar-refractivity contribution in [2.45, 2.75) is 24.7 Å². The fourth-order valence-electron chi connectivity index (χ4n) is 2.13. The van der Waals surface area contributed by atoms with Crippen LogP contribution in [0.4, 0.5) is 0 Å². The largest absolute Gasteiger partial charge is 0.299 e. The maximum absolute atomic E-state index is 12.1. The van der Waals surface area contributed by atoms with E-state index in [0.717, 1.165) is 18.4 Å². The third-order valence-electron chi connectivity index (χ3n) is 3.31. The summed E-state index contributed by atoms with van der Waals surface area (Å²) >= 11 is 0. The van der Waals surface area contributed by atoms with Crippen molar-refractivity contribution in [3.8, 4) is 0 Å². The molecule has 0 atom stereocenters. The molecule has 0 bridgehead atoms. The third-order valence-corrected chi connectivity index (χ3v) is 4.26. The van der Waals surface area contributed by atoms with E-state index >= 15 is 0 Å². The number of rotatable bonds is 5. The van der Waals surface area contributed by atoms with Crippen molar-refractivity contribution in [2.24, 2.45) is 0 Å². The molecule has 0 saturated heterocycles.